The zero-order valence-electron chi connectivity index (χ0n) is 5.13. The van der Waals surface area contributed by atoms with Gasteiger partial charge in [0.2, 0.25) is 0 Å². The van der Waals surface area contributed by atoms with E-state index in [9.17, 15) is 4.91 Å². The number of rotatable bonds is 4. The van der Waals surface area contributed by atoms with E-state index in [1.807, 2.05) is 6.26 Å². The van der Waals surface area contributed by atoms with Crippen molar-refractivity contribution in [1.82, 2.24) is 5.01 Å². The summed E-state index contributed by atoms with van der Waals surface area (Å²) >= 11 is 1.70. The van der Waals surface area contributed by atoms with Crippen LogP contribution in [-0.4, -0.2) is 30.6 Å². The Hall–Kier alpha value is -0.250. The molecule has 0 saturated heterocycles. The van der Waals surface area contributed by atoms with Gasteiger partial charge in [0.05, 0.1) is 5.29 Å². The second-order valence-electron chi connectivity index (χ2n) is 1.46. The lowest BCUT2D eigenvalue weighted by molar-refractivity contribution is 0.373. The van der Waals surface area contributed by atoms with E-state index in [2.05, 4.69) is 5.29 Å². The molecule has 0 bridgehead atoms. The summed E-state index contributed by atoms with van der Waals surface area (Å²) in [5.74, 6) is 0.961. The number of thioether (sulfide) groups is 1. The van der Waals surface area contributed by atoms with Gasteiger partial charge in [-0.3, -0.25) is 5.01 Å². The summed E-state index contributed by atoms with van der Waals surface area (Å²) in [6, 6.07) is 0. The van der Waals surface area contributed by atoms with Gasteiger partial charge in [-0.2, -0.15) is 11.8 Å². The predicted molar refractivity (Wildman–Crippen MR) is 36.8 cm³/mol. The quantitative estimate of drug-likeness (QED) is 0.424. The number of nitroso groups, excluding NO2 is 1. The van der Waals surface area contributed by atoms with Gasteiger partial charge in [-0.15, -0.1) is 4.91 Å². The van der Waals surface area contributed by atoms with Crippen LogP contribution in [0, 0.1) is 4.91 Å². The lowest BCUT2D eigenvalue weighted by atomic mass is 10.7. The Kier molecular flexibility index (Phi) is 4.75. The monoisotopic (exact) mass is 134 g/mol. The van der Waals surface area contributed by atoms with Crippen LogP contribution in [0.5, 0.6) is 0 Å². The molecule has 0 atom stereocenters. The molecule has 0 aliphatic rings. The van der Waals surface area contributed by atoms with Crippen molar-refractivity contribution in [2.45, 2.75) is 0 Å². The van der Waals surface area contributed by atoms with E-state index in [0.717, 1.165) is 12.3 Å². The Morgan fingerprint density at radius 1 is 1.75 bits per heavy atom. The minimum absolute atomic E-state index is 0.741. The third-order valence-corrected chi connectivity index (χ3v) is 1.35. The summed E-state index contributed by atoms with van der Waals surface area (Å²) in [5, 5.41) is 4.08. The van der Waals surface area contributed by atoms with Crippen molar-refractivity contribution in [2.75, 3.05) is 25.6 Å². The number of nitrogens with zero attached hydrogens (tertiary/aromatic N) is 2. The molecule has 4 heteroatoms. The third-order valence-electron chi connectivity index (χ3n) is 0.758. The van der Waals surface area contributed by atoms with Crippen LogP contribution in [0.1, 0.15) is 0 Å². The molecule has 0 aromatic carbocycles. The molecule has 0 aromatic heterocycles. The second-order valence-corrected chi connectivity index (χ2v) is 2.44. The third kappa shape index (κ3) is 3.92. The lowest BCUT2D eigenvalue weighted by Crippen LogP contribution is -2.12. The van der Waals surface area contributed by atoms with Gasteiger partial charge in [-0.25, -0.2) is 0 Å². The highest BCUT2D eigenvalue weighted by molar-refractivity contribution is 7.98. The van der Waals surface area contributed by atoms with E-state index in [-0.39, 0.29) is 0 Å². The molecule has 0 radical (unpaired) electrons. The second kappa shape index (κ2) is 4.90. The van der Waals surface area contributed by atoms with Crippen molar-refractivity contribution in [3.05, 3.63) is 4.91 Å². The van der Waals surface area contributed by atoms with Crippen LogP contribution >= 0.6 is 11.8 Å². The molecule has 0 spiro atoms. The maximum Gasteiger partial charge on any atom is 0.0521 e. The zero-order valence-corrected chi connectivity index (χ0v) is 5.94. The number of hydrogen-bond acceptors (Lipinski definition) is 3. The Bertz CT molecular complexity index is 69.1. The van der Waals surface area contributed by atoms with Crippen LogP contribution < -0.4 is 0 Å². The summed E-state index contributed by atoms with van der Waals surface area (Å²) in [7, 11) is 1.67. The smallest absolute Gasteiger partial charge is 0.0521 e. The molecule has 0 unspecified atom stereocenters. The largest absolute Gasteiger partial charge is 0.263 e. The SMILES string of the molecule is CSCCN(C)N=O. The van der Waals surface area contributed by atoms with Crippen molar-refractivity contribution in [2.24, 2.45) is 5.29 Å². The molecule has 0 heterocycles. The fourth-order valence-electron chi connectivity index (χ4n) is 0.264. The average Bonchev–Trinajstić information content (AvgIpc) is 1.83. The van der Waals surface area contributed by atoms with Gasteiger partial charge in [-0.05, 0) is 6.26 Å². The van der Waals surface area contributed by atoms with Crippen LogP contribution in [0.3, 0.4) is 0 Å². The molecule has 0 aromatic rings. The molecule has 48 valence electrons. The molecule has 8 heavy (non-hydrogen) atoms. The molecule has 0 saturated carbocycles. The van der Waals surface area contributed by atoms with E-state index in [1.54, 1.807) is 18.8 Å². The summed E-state index contributed by atoms with van der Waals surface area (Å²) in [5.41, 5.74) is 0. The standard InChI is InChI=1S/C4H10N2OS/c1-6(5-7)3-4-8-2/h3-4H2,1-2H3. The first kappa shape index (κ1) is 7.75. The highest BCUT2D eigenvalue weighted by Crippen LogP contribution is 1.91. The van der Waals surface area contributed by atoms with Crippen molar-refractivity contribution in [3.63, 3.8) is 0 Å². The normalized spacial score (nSPS) is 8.75. The first-order valence-electron chi connectivity index (χ1n) is 2.34. The van der Waals surface area contributed by atoms with Gasteiger partial charge in [-0.1, -0.05) is 0 Å². The first-order valence-corrected chi connectivity index (χ1v) is 3.74. The number of hydrogen-bond donors (Lipinski definition) is 0. The van der Waals surface area contributed by atoms with E-state index in [0.29, 0.717) is 0 Å². The molecular formula is C4H10N2OS. The predicted octanol–water partition coefficient (Wildman–Crippen LogP) is 0.963. The molecule has 0 N–H and O–H groups in total. The van der Waals surface area contributed by atoms with Gasteiger partial charge in [0.25, 0.3) is 0 Å². The topological polar surface area (TPSA) is 32.7 Å². The van der Waals surface area contributed by atoms with Crippen LogP contribution in [0.2, 0.25) is 0 Å². The van der Waals surface area contributed by atoms with Gasteiger partial charge >= 0.3 is 0 Å². The fraction of sp³-hybridized carbons (Fsp3) is 1.00. The van der Waals surface area contributed by atoms with Crippen LogP contribution in [0.4, 0.5) is 0 Å². The molecule has 3 nitrogen and oxygen atoms in total. The van der Waals surface area contributed by atoms with E-state index in [1.165, 1.54) is 5.01 Å². The average molecular weight is 134 g/mol. The highest BCUT2D eigenvalue weighted by atomic mass is 32.2. The van der Waals surface area contributed by atoms with Crippen LogP contribution in [-0.2, 0) is 0 Å². The summed E-state index contributed by atoms with van der Waals surface area (Å²) in [4.78, 5) is 9.68. The summed E-state index contributed by atoms with van der Waals surface area (Å²) < 4.78 is 0. The summed E-state index contributed by atoms with van der Waals surface area (Å²) in [6.07, 6.45) is 2.00. The Morgan fingerprint density at radius 2 is 2.38 bits per heavy atom. The van der Waals surface area contributed by atoms with Crippen LogP contribution in [0.15, 0.2) is 5.29 Å². The van der Waals surface area contributed by atoms with Crippen LogP contribution in [0.25, 0.3) is 0 Å². The summed E-state index contributed by atoms with van der Waals surface area (Å²) in [6.45, 7) is 0.741. The molecule has 0 aliphatic carbocycles. The molecule has 0 aliphatic heterocycles. The Balaban J connectivity index is 2.98. The van der Waals surface area contributed by atoms with Gasteiger partial charge in [0.15, 0.2) is 0 Å². The maximum absolute atomic E-state index is 9.68. The molecule has 0 amide bonds. The van der Waals surface area contributed by atoms with Crippen molar-refractivity contribution >= 4 is 11.8 Å². The molecule has 0 rings (SSSR count). The van der Waals surface area contributed by atoms with Gasteiger partial charge in [0, 0.05) is 19.3 Å². The minimum atomic E-state index is 0.741. The van der Waals surface area contributed by atoms with Gasteiger partial charge in [0.1, 0.15) is 0 Å². The van der Waals surface area contributed by atoms with E-state index < -0.39 is 0 Å². The van der Waals surface area contributed by atoms with E-state index in [4.69, 9.17) is 0 Å². The molecular weight excluding hydrogens is 124 g/mol. The molecule has 0 fully saturated rings. The van der Waals surface area contributed by atoms with Crippen molar-refractivity contribution < 1.29 is 0 Å². The maximum atomic E-state index is 9.68. The highest BCUT2D eigenvalue weighted by Gasteiger charge is 1.89. The minimum Gasteiger partial charge on any atom is -0.263 e. The first-order chi connectivity index (χ1) is 3.81. The fourth-order valence-corrected chi connectivity index (χ4v) is 0.711. The zero-order chi connectivity index (χ0) is 6.41. The van der Waals surface area contributed by atoms with Crippen molar-refractivity contribution in [1.29, 1.82) is 0 Å². The van der Waals surface area contributed by atoms with Gasteiger partial charge < -0.3 is 0 Å². The van der Waals surface area contributed by atoms with E-state index >= 15 is 0 Å². The Labute approximate surface area is 53.4 Å². The lowest BCUT2D eigenvalue weighted by Gasteiger charge is -2.04. The Morgan fingerprint density at radius 3 is 2.75 bits per heavy atom. The van der Waals surface area contributed by atoms with Crippen molar-refractivity contribution in [3.8, 4) is 0 Å².